The van der Waals surface area contributed by atoms with E-state index in [1.165, 1.54) is 44.2 Å². The van der Waals surface area contributed by atoms with E-state index in [9.17, 15) is 24.0 Å². The number of ether oxygens (including phenoxy) is 4. The highest BCUT2D eigenvalue weighted by molar-refractivity contribution is 9.10. The topological polar surface area (TPSA) is 287 Å². The SMILES string of the molecule is C1CCOC1.COC(=O)c1ccc(Br)c(C)c1.Cc1cc(C(=O)O)ccc1-c1nc(-c2cc3c(C)ccc(C)c3o2)no1.Cc1cc(C(=O)OC(C)(C)C)ccc1Br.Cc1cc(C(=O)OC(C)(C)C)ccc1C(=O)O.Cc1ccc(C)c2oc(/C(N)=N\O)cc12. The first-order chi connectivity index (χ1) is 42.2. The molecule has 0 saturated carbocycles. The second-order valence-corrected chi connectivity index (χ2v) is 24.6. The molecular formula is C69H76Br2N4O15. The number of benzene rings is 6. The lowest BCUT2D eigenvalue weighted by molar-refractivity contribution is 0.00569. The van der Waals surface area contributed by atoms with Crippen molar-refractivity contribution in [3.63, 3.8) is 0 Å². The Morgan fingerprint density at radius 2 is 1.00 bits per heavy atom. The van der Waals surface area contributed by atoms with Crippen LogP contribution >= 0.6 is 31.9 Å². The lowest BCUT2D eigenvalue weighted by Crippen LogP contribution is -2.24. The normalized spacial score (nSPS) is 11.9. The van der Waals surface area contributed by atoms with E-state index in [-0.39, 0.29) is 28.9 Å². The molecule has 4 heterocycles. The molecule has 21 heteroatoms. The van der Waals surface area contributed by atoms with Crippen molar-refractivity contribution in [2.24, 2.45) is 10.9 Å². The molecule has 6 aromatic carbocycles. The lowest BCUT2D eigenvalue weighted by atomic mass is 10.1. The van der Waals surface area contributed by atoms with Crippen LogP contribution in [0.5, 0.6) is 0 Å². The average Bonchev–Trinajstić information content (AvgIpc) is 1.98. The minimum atomic E-state index is -1.00. The number of fused-ring (bicyclic) bond motifs is 2. The first-order valence-corrected chi connectivity index (χ1v) is 30.0. The third-order valence-corrected chi connectivity index (χ3v) is 15.0. The highest BCUT2D eigenvalue weighted by atomic mass is 79.9. The zero-order chi connectivity index (χ0) is 66.9. The van der Waals surface area contributed by atoms with E-state index < -0.39 is 29.1 Å². The summed E-state index contributed by atoms with van der Waals surface area (Å²) < 4.78 is 38.8. The fourth-order valence-corrected chi connectivity index (χ4v) is 8.91. The Morgan fingerprint density at radius 1 is 0.544 bits per heavy atom. The van der Waals surface area contributed by atoms with Gasteiger partial charge in [-0.1, -0.05) is 66.4 Å². The minimum Gasteiger partial charge on any atom is -0.478 e. The second-order valence-electron chi connectivity index (χ2n) is 22.9. The molecule has 0 aliphatic carbocycles. The Morgan fingerprint density at radius 3 is 1.41 bits per heavy atom. The molecule has 19 nitrogen and oxygen atoms in total. The van der Waals surface area contributed by atoms with E-state index in [4.69, 9.17) is 48.7 Å². The van der Waals surface area contributed by atoms with Gasteiger partial charge in [0.2, 0.25) is 11.7 Å². The standard InChI is InChI=1S/C20H16N2O4.C13H16O4.C12H15BrO2.C11H12N2O2.C9H9BrO2.C4H8O/c1-10-4-5-11(2)17-15(10)9-16(25-17)18-21-19(26-22-18)14-7-6-13(20(23)24)8-12(14)3;1-8-7-9(5-6-10(8)11(14)15)12(16)17-13(2,3)4;1-8-7-9(5-6-10(8)13)11(14)15-12(2,3)4;1-6-3-4-7(2)10-8(6)5-9(15-10)11(12)13-14;1-6-5-7(9(11)12-2)3-4-8(6)10;1-2-4-5-3-1/h4-9H,1-3H3,(H,23,24);5-7H,1-4H3,(H,14,15);5-7H,1-4H3;3-5,14H,1-2H3,(H2,12,13);3-5H,1-2H3;1-4H2. The van der Waals surface area contributed by atoms with Gasteiger partial charge in [-0.25, -0.2) is 24.0 Å². The number of carbonyl (C=O) groups is 5. The van der Waals surface area contributed by atoms with E-state index in [2.05, 4.69) is 51.9 Å². The summed E-state index contributed by atoms with van der Waals surface area (Å²) in [6.45, 7) is 28.2. The van der Waals surface area contributed by atoms with Crippen molar-refractivity contribution in [2.45, 2.75) is 121 Å². The molecule has 0 bridgehead atoms. The summed E-state index contributed by atoms with van der Waals surface area (Å²) in [7, 11) is 1.37. The number of nitrogens with zero attached hydrogens (tertiary/aromatic N) is 3. The molecule has 0 radical (unpaired) electrons. The van der Waals surface area contributed by atoms with Gasteiger partial charge >= 0.3 is 29.8 Å². The van der Waals surface area contributed by atoms with Gasteiger partial charge in [0.25, 0.3) is 5.89 Å². The van der Waals surface area contributed by atoms with Crippen LogP contribution in [0, 0.1) is 55.4 Å². The number of oxime groups is 1. The zero-order valence-corrected chi connectivity index (χ0v) is 56.3. The quantitative estimate of drug-likeness (QED) is 0.0275. The fourth-order valence-electron chi connectivity index (χ4n) is 8.42. The summed E-state index contributed by atoms with van der Waals surface area (Å²) in [5, 5.41) is 35.4. The molecule has 1 saturated heterocycles. The van der Waals surface area contributed by atoms with Crippen LogP contribution in [0.2, 0.25) is 0 Å². The summed E-state index contributed by atoms with van der Waals surface area (Å²) in [5.74, 6) is -1.40. The number of hydrogen-bond acceptors (Lipinski definition) is 16. The van der Waals surface area contributed by atoms with E-state index in [0.29, 0.717) is 51.1 Å². The summed E-state index contributed by atoms with van der Waals surface area (Å²) in [6.07, 6.45) is 2.56. The molecule has 1 aliphatic rings. The lowest BCUT2D eigenvalue weighted by Gasteiger charge is -2.19. The van der Waals surface area contributed by atoms with Crippen molar-refractivity contribution in [3.05, 3.63) is 196 Å². The number of halogens is 2. The van der Waals surface area contributed by atoms with Crippen molar-refractivity contribution in [1.82, 2.24) is 10.1 Å². The predicted molar refractivity (Wildman–Crippen MR) is 352 cm³/mol. The maximum atomic E-state index is 11.7. The van der Waals surface area contributed by atoms with Gasteiger partial charge in [0.05, 0.1) is 34.9 Å². The third-order valence-electron chi connectivity index (χ3n) is 13.2. The number of aromatic nitrogens is 2. The van der Waals surface area contributed by atoms with Gasteiger partial charge in [0.1, 0.15) is 22.4 Å². The first-order valence-electron chi connectivity index (χ1n) is 28.4. The number of carboxylic acids is 2. The van der Waals surface area contributed by atoms with Crippen LogP contribution in [-0.2, 0) is 18.9 Å². The smallest absolute Gasteiger partial charge is 0.338 e. The Labute approximate surface area is 539 Å². The largest absolute Gasteiger partial charge is 0.478 e. The van der Waals surface area contributed by atoms with E-state index in [1.807, 2.05) is 111 Å². The van der Waals surface area contributed by atoms with Gasteiger partial charge in [-0.05, 0) is 239 Å². The average molecular weight is 1360 g/mol. The number of nitrogens with two attached hydrogens (primary N) is 1. The van der Waals surface area contributed by atoms with Gasteiger partial charge in [0.15, 0.2) is 11.5 Å². The molecule has 1 aliphatic heterocycles. The minimum absolute atomic E-state index is 0.00926. The van der Waals surface area contributed by atoms with Crippen LogP contribution in [-0.4, -0.2) is 92.8 Å². The number of rotatable bonds is 8. The Balaban J connectivity index is 0.000000206. The zero-order valence-electron chi connectivity index (χ0n) is 53.1. The summed E-state index contributed by atoms with van der Waals surface area (Å²) in [4.78, 5) is 60.8. The molecule has 10 rings (SSSR count). The van der Waals surface area contributed by atoms with Gasteiger partial charge < -0.3 is 53.5 Å². The van der Waals surface area contributed by atoms with Crippen LogP contribution in [0.1, 0.15) is 156 Å². The summed E-state index contributed by atoms with van der Waals surface area (Å²) in [6, 6.07) is 31.7. The van der Waals surface area contributed by atoms with E-state index in [1.54, 1.807) is 71.0 Å². The van der Waals surface area contributed by atoms with Gasteiger partial charge in [-0.2, -0.15) is 4.98 Å². The van der Waals surface area contributed by atoms with Gasteiger partial charge in [0, 0.05) is 38.5 Å². The van der Waals surface area contributed by atoms with Crippen molar-refractivity contribution in [1.29, 1.82) is 0 Å². The molecule has 90 heavy (non-hydrogen) atoms. The van der Waals surface area contributed by atoms with Crippen LogP contribution in [0.3, 0.4) is 0 Å². The van der Waals surface area contributed by atoms with Gasteiger partial charge in [-0.15, -0.1) is 0 Å². The molecule has 0 unspecified atom stereocenters. The Hall–Kier alpha value is -8.92. The second kappa shape index (κ2) is 32.0. The van der Waals surface area contributed by atoms with Crippen LogP contribution in [0.4, 0.5) is 0 Å². The molecule has 0 amide bonds. The molecule has 3 aromatic heterocycles. The number of methoxy groups -OCH3 is 1. The number of amidine groups is 1. The number of furan rings is 2. The fraction of sp³-hybridized carbons (Fsp3) is 0.304. The van der Waals surface area contributed by atoms with Crippen molar-refractivity contribution in [3.8, 4) is 23.0 Å². The number of aryl methyl sites for hydroxylation is 8. The number of hydrogen-bond donors (Lipinski definition) is 4. The van der Waals surface area contributed by atoms with Crippen molar-refractivity contribution < 1.29 is 71.7 Å². The van der Waals surface area contributed by atoms with Gasteiger partial charge in [-0.3, -0.25) is 0 Å². The number of esters is 3. The maximum Gasteiger partial charge on any atom is 0.338 e. The van der Waals surface area contributed by atoms with E-state index >= 15 is 0 Å². The highest BCUT2D eigenvalue weighted by Gasteiger charge is 2.22. The molecule has 5 N–H and O–H groups in total. The number of carbonyl (C=O) groups excluding carboxylic acids is 3. The molecule has 0 spiro atoms. The molecular weight excluding hydrogens is 1280 g/mol. The summed E-state index contributed by atoms with van der Waals surface area (Å²) >= 11 is 6.74. The molecule has 9 aromatic rings. The summed E-state index contributed by atoms with van der Waals surface area (Å²) in [5.41, 5.74) is 16.3. The van der Waals surface area contributed by atoms with Crippen LogP contribution in [0.25, 0.3) is 45.0 Å². The molecule has 476 valence electrons. The first kappa shape index (κ1) is 71.8. The number of carboxylic acid groups (broad SMARTS) is 2. The van der Waals surface area contributed by atoms with Crippen LogP contribution < -0.4 is 5.73 Å². The Bertz CT molecular complexity index is 3980. The van der Waals surface area contributed by atoms with E-state index in [0.717, 1.165) is 83.0 Å². The highest BCUT2D eigenvalue weighted by Crippen LogP contribution is 2.33. The van der Waals surface area contributed by atoms with Crippen molar-refractivity contribution >= 4 is 89.5 Å². The molecule has 0 atom stereocenters. The van der Waals surface area contributed by atoms with Crippen LogP contribution in [0.15, 0.2) is 137 Å². The number of aromatic carboxylic acids is 2. The third kappa shape index (κ3) is 20.6. The Kier molecular flexibility index (Phi) is 25.5. The molecule has 1 fully saturated rings. The maximum absolute atomic E-state index is 11.7. The van der Waals surface area contributed by atoms with Crippen molar-refractivity contribution in [2.75, 3.05) is 20.3 Å². The monoisotopic (exact) mass is 1360 g/mol. The predicted octanol–water partition coefficient (Wildman–Crippen LogP) is 16.6.